The van der Waals surface area contributed by atoms with Crippen molar-refractivity contribution < 1.29 is 9.59 Å². The van der Waals surface area contributed by atoms with Crippen LogP contribution in [-0.4, -0.2) is 16.8 Å². The number of nitrogens with two attached hydrogens (primary N) is 1. The largest absolute Gasteiger partial charge is 0.399 e. The van der Waals surface area contributed by atoms with Crippen molar-refractivity contribution in [2.45, 2.75) is 0 Å². The minimum atomic E-state index is -0.553. The molecule has 0 aliphatic rings. The fraction of sp³-hybridized carbons (Fsp3) is 0. The predicted octanol–water partition coefficient (Wildman–Crippen LogP) is 1.03. The lowest BCUT2D eigenvalue weighted by atomic mass is 10.2. The van der Waals surface area contributed by atoms with E-state index in [4.69, 9.17) is 5.73 Å². The molecular formula is C13H10N3O2. The second-order valence-electron chi connectivity index (χ2n) is 3.55. The van der Waals surface area contributed by atoms with E-state index in [1.807, 2.05) is 0 Å². The summed E-state index contributed by atoms with van der Waals surface area (Å²) in [5.41, 5.74) is 6.40. The standard InChI is InChI=1S/C13H10N3O2/c14-10-5-3-4-9(8-10)12(17)16-13(18)11-6-1-2-7-15-11/h1-2,4-8H,14H2,(H,16,17,18). The number of anilines is 1. The van der Waals surface area contributed by atoms with Crippen LogP contribution in [0.1, 0.15) is 20.8 Å². The van der Waals surface area contributed by atoms with E-state index in [9.17, 15) is 9.59 Å². The van der Waals surface area contributed by atoms with Gasteiger partial charge in [-0.3, -0.25) is 19.9 Å². The lowest BCUT2D eigenvalue weighted by Crippen LogP contribution is -2.31. The van der Waals surface area contributed by atoms with Crippen LogP contribution < -0.4 is 11.1 Å². The van der Waals surface area contributed by atoms with Gasteiger partial charge in [0.25, 0.3) is 11.8 Å². The molecule has 3 N–H and O–H groups in total. The first kappa shape index (κ1) is 11.8. The normalized spacial score (nSPS) is 9.78. The number of nitrogens with zero attached hydrogens (tertiary/aromatic N) is 1. The number of rotatable bonds is 2. The fourth-order valence-electron chi connectivity index (χ4n) is 1.36. The maximum atomic E-state index is 11.7. The van der Waals surface area contributed by atoms with Gasteiger partial charge in [-0.25, -0.2) is 0 Å². The molecule has 89 valence electrons. The molecule has 1 aromatic carbocycles. The molecule has 1 aromatic heterocycles. The Kier molecular flexibility index (Phi) is 3.33. The van der Waals surface area contributed by atoms with E-state index in [1.54, 1.807) is 12.1 Å². The van der Waals surface area contributed by atoms with Crippen LogP contribution in [0, 0.1) is 6.07 Å². The molecule has 0 bridgehead atoms. The molecule has 5 heteroatoms. The third-order valence-electron chi connectivity index (χ3n) is 2.20. The monoisotopic (exact) mass is 240 g/mol. The minimum absolute atomic E-state index is 0.179. The Morgan fingerprint density at radius 3 is 2.72 bits per heavy atom. The van der Waals surface area contributed by atoms with Crippen molar-refractivity contribution in [1.29, 1.82) is 0 Å². The van der Waals surface area contributed by atoms with Crippen molar-refractivity contribution in [2.24, 2.45) is 0 Å². The second-order valence-corrected chi connectivity index (χ2v) is 3.55. The SMILES string of the molecule is Nc1c[c]cc(C(=O)NC(=O)c2ccccn2)c1. The maximum Gasteiger partial charge on any atom is 0.276 e. The lowest BCUT2D eigenvalue weighted by Gasteiger charge is -2.03. The van der Waals surface area contributed by atoms with Gasteiger partial charge in [0.15, 0.2) is 0 Å². The molecule has 0 unspecified atom stereocenters. The van der Waals surface area contributed by atoms with E-state index in [2.05, 4.69) is 16.4 Å². The highest BCUT2D eigenvalue weighted by Gasteiger charge is 2.12. The zero-order valence-electron chi connectivity index (χ0n) is 9.38. The first-order chi connectivity index (χ1) is 8.66. The van der Waals surface area contributed by atoms with Gasteiger partial charge in [-0.15, -0.1) is 0 Å². The number of aromatic nitrogens is 1. The summed E-state index contributed by atoms with van der Waals surface area (Å²) in [6, 6.07) is 12.1. The van der Waals surface area contributed by atoms with Gasteiger partial charge in [0.05, 0.1) is 0 Å². The van der Waals surface area contributed by atoms with Crippen molar-refractivity contribution >= 4 is 17.5 Å². The highest BCUT2D eigenvalue weighted by molar-refractivity contribution is 6.09. The molecule has 0 spiro atoms. The van der Waals surface area contributed by atoms with E-state index >= 15 is 0 Å². The lowest BCUT2D eigenvalue weighted by molar-refractivity contribution is 0.0846. The summed E-state index contributed by atoms with van der Waals surface area (Å²) in [6.45, 7) is 0. The smallest absolute Gasteiger partial charge is 0.276 e. The zero-order chi connectivity index (χ0) is 13.0. The van der Waals surface area contributed by atoms with Crippen LogP contribution in [0.5, 0.6) is 0 Å². The van der Waals surface area contributed by atoms with Crippen molar-refractivity contribution in [3.05, 3.63) is 59.9 Å². The number of hydrogen-bond donors (Lipinski definition) is 2. The average Bonchev–Trinajstić information content (AvgIpc) is 2.39. The van der Waals surface area contributed by atoms with Crippen LogP contribution in [0.25, 0.3) is 0 Å². The summed E-state index contributed by atoms with van der Waals surface area (Å²) in [5, 5.41) is 2.22. The molecule has 1 radical (unpaired) electrons. The van der Waals surface area contributed by atoms with Crippen LogP contribution >= 0.6 is 0 Å². The topological polar surface area (TPSA) is 85.1 Å². The van der Waals surface area contributed by atoms with Crippen LogP contribution in [0.15, 0.2) is 42.6 Å². The van der Waals surface area contributed by atoms with E-state index in [1.165, 1.54) is 30.5 Å². The van der Waals surface area contributed by atoms with Crippen LogP contribution in [0.3, 0.4) is 0 Å². The fourth-order valence-corrected chi connectivity index (χ4v) is 1.36. The number of hydrogen-bond acceptors (Lipinski definition) is 4. The number of amides is 2. The van der Waals surface area contributed by atoms with Gasteiger partial charge in [0.2, 0.25) is 0 Å². The number of carbonyl (C=O) groups is 2. The number of nitrogens with one attached hydrogen (secondary N) is 1. The molecule has 0 saturated heterocycles. The van der Waals surface area contributed by atoms with E-state index in [0.717, 1.165) is 0 Å². The zero-order valence-corrected chi connectivity index (χ0v) is 9.38. The van der Waals surface area contributed by atoms with Gasteiger partial charge in [0, 0.05) is 17.4 Å². The molecular weight excluding hydrogens is 230 g/mol. The van der Waals surface area contributed by atoms with Gasteiger partial charge < -0.3 is 5.73 Å². The summed E-state index contributed by atoms with van der Waals surface area (Å²) >= 11 is 0. The Labute approximate surface area is 104 Å². The van der Waals surface area contributed by atoms with Gasteiger partial charge in [-0.05, 0) is 36.4 Å². The summed E-state index contributed by atoms with van der Waals surface area (Å²) in [7, 11) is 0. The van der Waals surface area contributed by atoms with Crippen LogP contribution in [-0.2, 0) is 0 Å². The van der Waals surface area contributed by atoms with Crippen molar-refractivity contribution in [3.8, 4) is 0 Å². The number of pyridine rings is 1. The molecule has 0 aliphatic heterocycles. The first-order valence-corrected chi connectivity index (χ1v) is 5.20. The number of carbonyl (C=O) groups excluding carboxylic acids is 2. The molecule has 0 aliphatic carbocycles. The maximum absolute atomic E-state index is 11.7. The predicted molar refractivity (Wildman–Crippen MR) is 65.7 cm³/mol. The van der Waals surface area contributed by atoms with Crippen molar-refractivity contribution in [2.75, 3.05) is 5.73 Å². The molecule has 2 rings (SSSR count). The van der Waals surface area contributed by atoms with Gasteiger partial charge in [0.1, 0.15) is 5.69 Å². The molecule has 5 nitrogen and oxygen atoms in total. The Morgan fingerprint density at radius 1 is 1.22 bits per heavy atom. The molecule has 0 fully saturated rings. The highest BCUT2D eigenvalue weighted by Crippen LogP contribution is 2.06. The van der Waals surface area contributed by atoms with Gasteiger partial charge in [-0.1, -0.05) is 6.07 Å². The Hall–Kier alpha value is -2.69. The highest BCUT2D eigenvalue weighted by atomic mass is 16.2. The van der Waals surface area contributed by atoms with E-state index < -0.39 is 11.8 Å². The van der Waals surface area contributed by atoms with E-state index in [-0.39, 0.29) is 11.3 Å². The molecule has 2 amide bonds. The molecule has 1 heterocycles. The van der Waals surface area contributed by atoms with Crippen LogP contribution in [0.2, 0.25) is 0 Å². The number of nitrogen functional groups attached to an aromatic ring is 1. The third-order valence-corrected chi connectivity index (χ3v) is 2.20. The van der Waals surface area contributed by atoms with Crippen LogP contribution in [0.4, 0.5) is 5.69 Å². The average molecular weight is 240 g/mol. The van der Waals surface area contributed by atoms with Gasteiger partial charge >= 0.3 is 0 Å². The quantitative estimate of drug-likeness (QED) is 0.606. The first-order valence-electron chi connectivity index (χ1n) is 5.20. The van der Waals surface area contributed by atoms with Crippen molar-refractivity contribution in [3.63, 3.8) is 0 Å². The number of benzene rings is 1. The van der Waals surface area contributed by atoms with Gasteiger partial charge in [-0.2, -0.15) is 0 Å². The summed E-state index contributed by atoms with van der Waals surface area (Å²) in [5.74, 6) is -1.09. The Morgan fingerprint density at radius 2 is 2.06 bits per heavy atom. The summed E-state index contributed by atoms with van der Waals surface area (Å²) < 4.78 is 0. The van der Waals surface area contributed by atoms with E-state index in [0.29, 0.717) is 5.69 Å². The minimum Gasteiger partial charge on any atom is -0.399 e. The molecule has 0 saturated carbocycles. The summed E-state index contributed by atoms with van der Waals surface area (Å²) in [6.07, 6.45) is 1.48. The molecule has 18 heavy (non-hydrogen) atoms. The molecule has 2 aromatic rings. The molecule has 0 atom stereocenters. The Bertz CT molecular complexity index is 582. The van der Waals surface area contributed by atoms with Crippen molar-refractivity contribution in [1.82, 2.24) is 10.3 Å². The summed E-state index contributed by atoms with van der Waals surface area (Å²) in [4.78, 5) is 27.3. The third kappa shape index (κ3) is 2.70. The number of imide groups is 1. The Balaban J connectivity index is 2.11. The second kappa shape index (κ2) is 5.09.